The quantitative estimate of drug-likeness (QED) is 0.849. The number of rotatable bonds is 4. The molecule has 2 atom stereocenters. The zero-order valence-corrected chi connectivity index (χ0v) is 12.6. The standard InChI is InChI=1S/C15H20N6O/c1-11-6-7-16-9-14(11)18-15(22)8-12-2-4-13(5-3-12)21-10-17-19-20-21/h2-5,10-11,14,16H,6-9H2,1H3,(H,18,22). The van der Waals surface area contributed by atoms with E-state index >= 15 is 0 Å². The van der Waals surface area contributed by atoms with E-state index in [4.69, 9.17) is 0 Å². The van der Waals surface area contributed by atoms with E-state index in [1.165, 1.54) is 0 Å². The van der Waals surface area contributed by atoms with E-state index in [1.807, 2.05) is 24.3 Å². The highest BCUT2D eigenvalue weighted by Gasteiger charge is 2.22. The Kier molecular flexibility index (Phi) is 4.43. The van der Waals surface area contributed by atoms with Crippen LogP contribution in [0.1, 0.15) is 18.9 Å². The van der Waals surface area contributed by atoms with Gasteiger partial charge in [-0.25, -0.2) is 4.68 Å². The van der Waals surface area contributed by atoms with Gasteiger partial charge in [-0.1, -0.05) is 19.1 Å². The smallest absolute Gasteiger partial charge is 0.224 e. The van der Waals surface area contributed by atoms with Crippen LogP contribution in [0.2, 0.25) is 0 Å². The van der Waals surface area contributed by atoms with Crippen molar-refractivity contribution < 1.29 is 4.79 Å². The minimum absolute atomic E-state index is 0.0655. The van der Waals surface area contributed by atoms with Crippen LogP contribution in [0, 0.1) is 5.92 Å². The van der Waals surface area contributed by atoms with Gasteiger partial charge in [-0.2, -0.15) is 0 Å². The van der Waals surface area contributed by atoms with Gasteiger partial charge in [-0.15, -0.1) is 5.10 Å². The molecule has 1 aromatic heterocycles. The van der Waals surface area contributed by atoms with Crippen molar-refractivity contribution >= 4 is 5.91 Å². The lowest BCUT2D eigenvalue weighted by Gasteiger charge is -2.30. The zero-order chi connectivity index (χ0) is 15.4. The molecule has 0 spiro atoms. The summed E-state index contributed by atoms with van der Waals surface area (Å²) < 4.78 is 1.58. The maximum Gasteiger partial charge on any atom is 0.224 e. The van der Waals surface area contributed by atoms with E-state index in [1.54, 1.807) is 11.0 Å². The molecule has 2 aromatic rings. The topological polar surface area (TPSA) is 84.7 Å². The van der Waals surface area contributed by atoms with E-state index < -0.39 is 0 Å². The fourth-order valence-corrected chi connectivity index (χ4v) is 2.67. The number of tetrazole rings is 1. The molecular formula is C15H20N6O. The van der Waals surface area contributed by atoms with Gasteiger partial charge in [0.15, 0.2) is 0 Å². The molecule has 2 heterocycles. The first-order chi connectivity index (χ1) is 10.7. The maximum absolute atomic E-state index is 12.2. The fraction of sp³-hybridized carbons (Fsp3) is 0.467. The van der Waals surface area contributed by atoms with Crippen molar-refractivity contribution in [1.82, 2.24) is 30.8 Å². The summed E-state index contributed by atoms with van der Waals surface area (Å²) in [7, 11) is 0. The van der Waals surface area contributed by atoms with Crippen LogP contribution in [-0.4, -0.2) is 45.2 Å². The Bertz CT molecular complexity index is 609. The van der Waals surface area contributed by atoms with Crippen LogP contribution in [0.3, 0.4) is 0 Å². The third-order valence-corrected chi connectivity index (χ3v) is 4.09. The van der Waals surface area contributed by atoms with Crippen molar-refractivity contribution in [2.75, 3.05) is 13.1 Å². The van der Waals surface area contributed by atoms with Gasteiger partial charge < -0.3 is 10.6 Å². The Balaban J connectivity index is 1.57. The Labute approximate surface area is 129 Å². The first kappa shape index (κ1) is 14.6. The number of nitrogens with zero attached hydrogens (tertiary/aromatic N) is 4. The molecule has 0 aliphatic carbocycles. The molecule has 1 aliphatic rings. The predicted octanol–water partition coefficient (Wildman–Crippen LogP) is 0.319. The second-order valence-corrected chi connectivity index (χ2v) is 5.74. The third-order valence-electron chi connectivity index (χ3n) is 4.09. The van der Waals surface area contributed by atoms with Crippen molar-refractivity contribution in [1.29, 1.82) is 0 Å². The Hall–Kier alpha value is -2.28. The van der Waals surface area contributed by atoms with Crippen LogP contribution in [0.5, 0.6) is 0 Å². The van der Waals surface area contributed by atoms with Crippen molar-refractivity contribution in [3.8, 4) is 5.69 Å². The van der Waals surface area contributed by atoms with Gasteiger partial charge >= 0.3 is 0 Å². The molecule has 3 rings (SSSR count). The predicted molar refractivity (Wildman–Crippen MR) is 81.4 cm³/mol. The largest absolute Gasteiger partial charge is 0.352 e. The van der Waals surface area contributed by atoms with Crippen molar-refractivity contribution in [2.24, 2.45) is 5.92 Å². The van der Waals surface area contributed by atoms with Gasteiger partial charge in [-0.05, 0) is 47.0 Å². The maximum atomic E-state index is 12.2. The summed E-state index contributed by atoms with van der Waals surface area (Å²) in [4.78, 5) is 12.2. The molecule has 1 amide bonds. The molecule has 7 nitrogen and oxygen atoms in total. The number of aromatic nitrogens is 4. The number of carbonyl (C=O) groups is 1. The van der Waals surface area contributed by atoms with E-state index in [-0.39, 0.29) is 11.9 Å². The third kappa shape index (κ3) is 3.48. The SMILES string of the molecule is CC1CCNCC1NC(=O)Cc1ccc(-n2cnnn2)cc1. The zero-order valence-electron chi connectivity index (χ0n) is 12.6. The lowest BCUT2D eigenvalue weighted by molar-refractivity contribution is -0.121. The number of amides is 1. The van der Waals surface area contributed by atoms with E-state index in [0.717, 1.165) is 30.8 Å². The second-order valence-electron chi connectivity index (χ2n) is 5.74. The lowest BCUT2D eigenvalue weighted by Crippen LogP contribution is -2.50. The molecule has 0 radical (unpaired) electrons. The highest BCUT2D eigenvalue weighted by molar-refractivity contribution is 5.79. The fourth-order valence-electron chi connectivity index (χ4n) is 2.67. The van der Waals surface area contributed by atoms with Crippen LogP contribution in [-0.2, 0) is 11.2 Å². The molecule has 0 saturated carbocycles. The molecule has 1 fully saturated rings. The summed E-state index contributed by atoms with van der Waals surface area (Å²) in [5, 5.41) is 17.5. The highest BCUT2D eigenvalue weighted by atomic mass is 16.1. The van der Waals surface area contributed by atoms with Gasteiger partial charge in [0.25, 0.3) is 0 Å². The molecule has 22 heavy (non-hydrogen) atoms. The van der Waals surface area contributed by atoms with Crippen LogP contribution < -0.4 is 10.6 Å². The first-order valence-corrected chi connectivity index (χ1v) is 7.55. The first-order valence-electron chi connectivity index (χ1n) is 7.55. The molecule has 2 N–H and O–H groups in total. The van der Waals surface area contributed by atoms with Gasteiger partial charge in [0.2, 0.25) is 5.91 Å². The molecule has 1 aliphatic heterocycles. The number of hydrogen-bond acceptors (Lipinski definition) is 5. The molecule has 116 valence electrons. The van der Waals surface area contributed by atoms with Crippen molar-refractivity contribution in [2.45, 2.75) is 25.8 Å². The van der Waals surface area contributed by atoms with Crippen LogP contribution in [0.25, 0.3) is 5.69 Å². The van der Waals surface area contributed by atoms with Crippen molar-refractivity contribution in [3.05, 3.63) is 36.2 Å². The van der Waals surface area contributed by atoms with Crippen LogP contribution in [0.15, 0.2) is 30.6 Å². The lowest BCUT2D eigenvalue weighted by atomic mass is 9.94. The van der Waals surface area contributed by atoms with Gasteiger partial charge in [-0.3, -0.25) is 4.79 Å². The van der Waals surface area contributed by atoms with Gasteiger partial charge in [0.05, 0.1) is 12.1 Å². The summed E-state index contributed by atoms with van der Waals surface area (Å²) in [5.41, 5.74) is 1.85. The Morgan fingerprint density at radius 2 is 2.23 bits per heavy atom. The molecule has 1 aromatic carbocycles. The van der Waals surface area contributed by atoms with Crippen LogP contribution in [0.4, 0.5) is 0 Å². The van der Waals surface area contributed by atoms with Crippen molar-refractivity contribution in [3.63, 3.8) is 0 Å². The number of carbonyl (C=O) groups excluding carboxylic acids is 1. The normalized spacial score (nSPS) is 21.5. The number of nitrogens with one attached hydrogen (secondary N) is 2. The number of benzene rings is 1. The summed E-state index contributed by atoms with van der Waals surface area (Å²) in [6.45, 7) is 4.07. The number of hydrogen-bond donors (Lipinski definition) is 2. The monoisotopic (exact) mass is 300 g/mol. The van der Waals surface area contributed by atoms with Gasteiger partial charge in [0.1, 0.15) is 6.33 Å². The minimum Gasteiger partial charge on any atom is -0.352 e. The average Bonchev–Trinajstić information content (AvgIpc) is 3.05. The van der Waals surface area contributed by atoms with Crippen LogP contribution >= 0.6 is 0 Å². The van der Waals surface area contributed by atoms with Gasteiger partial charge in [0, 0.05) is 12.6 Å². The molecule has 2 unspecified atom stereocenters. The highest BCUT2D eigenvalue weighted by Crippen LogP contribution is 2.12. The van der Waals surface area contributed by atoms with E-state index in [9.17, 15) is 4.79 Å². The average molecular weight is 300 g/mol. The van der Waals surface area contributed by atoms with E-state index in [0.29, 0.717) is 12.3 Å². The number of piperidine rings is 1. The minimum atomic E-state index is 0.0655. The summed E-state index contributed by atoms with van der Waals surface area (Å²) in [5.74, 6) is 0.586. The van der Waals surface area contributed by atoms with E-state index in [2.05, 4.69) is 33.1 Å². The second kappa shape index (κ2) is 6.65. The molecule has 1 saturated heterocycles. The molecule has 7 heteroatoms. The summed E-state index contributed by atoms with van der Waals surface area (Å²) in [6, 6.07) is 7.90. The molecular weight excluding hydrogens is 280 g/mol. The Morgan fingerprint density at radius 3 is 2.91 bits per heavy atom. The molecule has 0 bridgehead atoms. The summed E-state index contributed by atoms with van der Waals surface area (Å²) >= 11 is 0. The Morgan fingerprint density at radius 1 is 1.41 bits per heavy atom. The summed E-state index contributed by atoms with van der Waals surface area (Å²) in [6.07, 6.45) is 3.03.